The Morgan fingerprint density at radius 2 is 1.76 bits per heavy atom. The predicted octanol–water partition coefficient (Wildman–Crippen LogP) is 3.24. The zero-order chi connectivity index (χ0) is 17.6. The molecular formula is C19H22INO4. The van der Waals surface area contributed by atoms with E-state index in [9.17, 15) is 14.7 Å². The minimum atomic E-state index is -0.670. The normalized spacial score (nSPS) is 32.4. The summed E-state index contributed by atoms with van der Waals surface area (Å²) in [4.78, 5) is 24.5. The highest BCUT2D eigenvalue weighted by Crippen LogP contribution is 2.55. The van der Waals surface area contributed by atoms with E-state index in [1.54, 1.807) is 12.1 Å². The number of aromatic hydroxyl groups is 1. The first-order valence-electron chi connectivity index (χ1n) is 8.89. The fraction of sp³-hybridized carbons (Fsp3) is 0.579. The molecule has 0 aromatic heterocycles. The largest absolute Gasteiger partial charge is 0.507 e. The Morgan fingerprint density at radius 1 is 1.16 bits per heavy atom. The maximum atomic E-state index is 12.4. The van der Waals surface area contributed by atoms with Crippen LogP contribution < -0.4 is 5.32 Å². The highest BCUT2D eigenvalue weighted by Gasteiger charge is 2.51. The summed E-state index contributed by atoms with van der Waals surface area (Å²) in [5, 5.41) is 13.0. The van der Waals surface area contributed by atoms with Crippen molar-refractivity contribution in [3.8, 4) is 5.75 Å². The average Bonchev–Trinajstić information content (AvgIpc) is 2.53. The number of phenols is 1. The smallest absolute Gasteiger partial charge is 0.342 e. The SMILES string of the molecule is O=C(COC(=O)c1cc(I)ccc1O)NC12CC3CC(CC(C3)C1)C2. The number of carbonyl (C=O) groups excluding carboxylic acids is 2. The molecule has 0 aliphatic heterocycles. The monoisotopic (exact) mass is 455 g/mol. The Kier molecular flexibility index (Phi) is 4.42. The van der Waals surface area contributed by atoms with Gasteiger partial charge in [0.15, 0.2) is 6.61 Å². The molecule has 4 aliphatic rings. The molecule has 25 heavy (non-hydrogen) atoms. The molecule has 0 atom stereocenters. The van der Waals surface area contributed by atoms with E-state index in [0.717, 1.165) is 40.6 Å². The van der Waals surface area contributed by atoms with Crippen molar-refractivity contribution in [3.05, 3.63) is 27.3 Å². The number of benzene rings is 1. The number of phenolic OH excluding ortho intramolecular Hbond substituents is 1. The first kappa shape index (κ1) is 17.1. The Balaban J connectivity index is 1.35. The van der Waals surface area contributed by atoms with Gasteiger partial charge in [-0.15, -0.1) is 0 Å². The third kappa shape index (κ3) is 3.50. The van der Waals surface area contributed by atoms with Gasteiger partial charge in [0, 0.05) is 9.11 Å². The molecule has 4 aliphatic carbocycles. The summed E-state index contributed by atoms with van der Waals surface area (Å²) in [5.41, 5.74) is 0.0113. The lowest BCUT2D eigenvalue weighted by Crippen LogP contribution is -2.60. The standard InChI is InChI=1S/C19H22INO4/c20-14-1-2-16(22)15(6-14)18(24)25-10-17(23)21-19-7-11-3-12(8-19)5-13(4-11)9-19/h1-2,6,11-13,22H,3-5,7-10H2,(H,21,23). The van der Waals surface area contributed by atoms with Gasteiger partial charge in [-0.05, 0) is 97.1 Å². The maximum Gasteiger partial charge on any atom is 0.342 e. The van der Waals surface area contributed by atoms with Gasteiger partial charge in [0.2, 0.25) is 0 Å². The highest BCUT2D eigenvalue weighted by atomic mass is 127. The quantitative estimate of drug-likeness (QED) is 0.540. The molecule has 4 saturated carbocycles. The molecule has 0 heterocycles. The van der Waals surface area contributed by atoms with Crippen LogP contribution in [0.4, 0.5) is 0 Å². The van der Waals surface area contributed by atoms with Gasteiger partial charge in [0.25, 0.3) is 5.91 Å². The van der Waals surface area contributed by atoms with E-state index in [1.807, 2.05) is 0 Å². The summed E-state index contributed by atoms with van der Waals surface area (Å²) in [6.07, 6.45) is 7.14. The van der Waals surface area contributed by atoms with Crippen LogP contribution in [0.5, 0.6) is 5.75 Å². The molecule has 0 saturated heterocycles. The number of esters is 1. The Labute approximate surface area is 160 Å². The molecule has 5 rings (SSSR count). The molecule has 0 spiro atoms. The zero-order valence-electron chi connectivity index (χ0n) is 14.0. The summed E-state index contributed by atoms with van der Waals surface area (Å²) < 4.78 is 5.95. The van der Waals surface area contributed by atoms with Crippen molar-refractivity contribution >= 4 is 34.5 Å². The van der Waals surface area contributed by atoms with Gasteiger partial charge in [0.05, 0.1) is 0 Å². The molecule has 6 heteroatoms. The van der Waals surface area contributed by atoms with Crippen LogP contribution in [-0.2, 0) is 9.53 Å². The van der Waals surface area contributed by atoms with E-state index in [0.29, 0.717) is 0 Å². The molecule has 0 unspecified atom stereocenters. The van der Waals surface area contributed by atoms with Crippen molar-refractivity contribution in [3.63, 3.8) is 0 Å². The number of nitrogens with one attached hydrogen (secondary N) is 1. The molecule has 4 fully saturated rings. The van der Waals surface area contributed by atoms with E-state index in [-0.39, 0.29) is 29.4 Å². The van der Waals surface area contributed by atoms with E-state index in [2.05, 4.69) is 27.9 Å². The lowest BCUT2D eigenvalue weighted by molar-refractivity contribution is -0.130. The van der Waals surface area contributed by atoms with Crippen LogP contribution in [0.3, 0.4) is 0 Å². The van der Waals surface area contributed by atoms with Gasteiger partial charge in [-0.3, -0.25) is 4.79 Å². The van der Waals surface area contributed by atoms with Crippen LogP contribution >= 0.6 is 22.6 Å². The number of carbonyl (C=O) groups is 2. The molecule has 1 amide bonds. The van der Waals surface area contributed by atoms with E-state index in [4.69, 9.17) is 4.74 Å². The third-order valence-corrected chi connectivity index (χ3v) is 6.63. The summed E-state index contributed by atoms with van der Waals surface area (Å²) in [6.45, 7) is -0.300. The Hall–Kier alpha value is -1.31. The molecule has 0 radical (unpaired) electrons. The molecule has 5 nitrogen and oxygen atoms in total. The molecule has 1 aromatic rings. The minimum Gasteiger partial charge on any atom is -0.507 e. The van der Waals surface area contributed by atoms with Crippen molar-refractivity contribution < 1.29 is 19.4 Å². The number of hydrogen-bond acceptors (Lipinski definition) is 4. The van der Waals surface area contributed by atoms with Crippen molar-refractivity contribution in [1.82, 2.24) is 5.32 Å². The topological polar surface area (TPSA) is 75.6 Å². The van der Waals surface area contributed by atoms with Crippen LogP contribution in [0.25, 0.3) is 0 Å². The van der Waals surface area contributed by atoms with Gasteiger partial charge in [-0.1, -0.05) is 0 Å². The highest BCUT2D eigenvalue weighted by molar-refractivity contribution is 14.1. The lowest BCUT2D eigenvalue weighted by Gasteiger charge is -2.56. The van der Waals surface area contributed by atoms with Crippen molar-refractivity contribution in [1.29, 1.82) is 0 Å². The summed E-state index contributed by atoms with van der Waals surface area (Å²) in [6, 6.07) is 4.70. The Bertz CT molecular complexity index is 682. The second-order valence-corrected chi connectivity index (χ2v) is 9.23. The average molecular weight is 455 g/mol. The van der Waals surface area contributed by atoms with Crippen molar-refractivity contribution in [2.45, 2.75) is 44.1 Å². The Morgan fingerprint density at radius 3 is 2.36 bits per heavy atom. The van der Waals surface area contributed by atoms with Gasteiger partial charge in [-0.2, -0.15) is 0 Å². The van der Waals surface area contributed by atoms with E-state index in [1.165, 1.54) is 25.3 Å². The third-order valence-electron chi connectivity index (χ3n) is 5.96. The fourth-order valence-electron chi connectivity index (χ4n) is 5.48. The summed E-state index contributed by atoms with van der Waals surface area (Å²) in [5.74, 6) is 1.20. The van der Waals surface area contributed by atoms with Crippen molar-refractivity contribution in [2.75, 3.05) is 6.61 Å². The maximum absolute atomic E-state index is 12.4. The number of amides is 1. The zero-order valence-corrected chi connectivity index (χ0v) is 16.1. The van der Waals surface area contributed by atoms with Gasteiger partial charge >= 0.3 is 5.97 Å². The van der Waals surface area contributed by atoms with Crippen LogP contribution in [0.1, 0.15) is 48.9 Å². The van der Waals surface area contributed by atoms with E-state index < -0.39 is 5.97 Å². The van der Waals surface area contributed by atoms with Crippen LogP contribution in [0, 0.1) is 21.3 Å². The second-order valence-electron chi connectivity index (χ2n) is 7.98. The van der Waals surface area contributed by atoms with Gasteiger partial charge < -0.3 is 15.2 Å². The van der Waals surface area contributed by atoms with Crippen molar-refractivity contribution in [2.24, 2.45) is 17.8 Å². The number of rotatable bonds is 4. The number of ether oxygens (including phenoxy) is 1. The first-order chi connectivity index (χ1) is 11.9. The first-order valence-corrected chi connectivity index (χ1v) is 9.97. The predicted molar refractivity (Wildman–Crippen MR) is 100 cm³/mol. The fourth-order valence-corrected chi connectivity index (χ4v) is 5.97. The molecule has 4 bridgehead atoms. The minimum absolute atomic E-state index is 0.0808. The molecule has 2 N–H and O–H groups in total. The van der Waals surface area contributed by atoms with Crippen LogP contribution in [-0.4, -0.2) is 29.1 Å². The number of halogens is 1. The molecular weight excluding hydrogens is 433 g/mol. The molecule has 1 aromatic carbocycles. The van der Waals surface area contributed by atoms with Crippen LogP contribution in [0.15, 0.2) is 18.2 Å². The summed E-state index contributed by atoms with van der Waals surface area (Å²) >= 11 is 2.06. The molecule has 134 valence electrons. The summed E-state index contributed by atoms with van der Waals surface area (Å²) in [7, 11) is 0. The second kappa shape index (κ2) is 6.45. The number of hydrogen-bond donors (Lipinski definition) is 2. The van der Waals surface area contributed by atoms with Crippen LogP contribution in [0.2, 0.25) is 0 Å². The van der Waals surface area contributed by atoms with Gasteiger partial charge in [0.1, 0.15) is 11.3 Å². The van der Waals surface area contributed by atoms with Gasteiger partial charge in [-0.25, -0.2) is 4.79 Å². The van der Waals surface area contributed by atoms with E-state index >= 15 is 0 Å². The lowest BCUT2D eigenvalue weighted by atomic mass is 9.53.